The maximum atomic E-state index is 12.9. The van der Waals surface area contributed by atoms with Crippen molar-refractivity contribution in [1.82, 2.24) is 14.8 Å². The first-order chi connectivity index (χ1) is 12.5. The molecule has 1 aromatic heterocycles. The maximum Gasteiger partial charge on any atom is 0.339 e. The van der Waals surface area contributed by atoms with Crippen LogP contribution in [0.5, 0.6) is 0 Å². The monoisotopic (exact) mass is 355 g/mol. The van der Waals surface area contributed by atoms with Crippen molar-refractivity contribution in [1.29, 1.82) is 0 Å². The number of carbonyl (C=O) groups excluding carboxylic acids is 2. The zero-order valence-corrected chi connectivity index (χ0v) is 15.5. The van der Waals surface area contributed by atoms with Crippen molar-refractivity contribution in [2.75, 3.05) is 33.3 Å². The standard InChI is InChI=1S/C20H25N3O3/c1-14-17(20(25)26-3)15(2)21-18(14)19(24)23-11-9-22(10-12-23)13-16-7-5-4-6-8-16/h4-8,21H,9-13H2,1-3H3. The van der Waals surface area contributed by atoms with E-state index in [1.807, 2.05) is 23.1 Å². The predicted molar refractivity (Wildman–Crippen MR) is 99.2 cm³/mol. The summed E-state index contributed by atoms with van der Waals surface area (Å²) in [7, 11) is 1.35. The molecule has 0 atom stereocenters. The molecule has 1 aromatic carbocycles. The number of piperazine rings is 1. The van der Waals surface area contributed by atoms with Crippen molar-refractivity contribution in [3.05, 3.63) is 58.4 Å². The van der Waals surface area contributed by atoms with Crippen molar-refractivity contribution >= 4 is 11.9 Å². The van der Waals surface area contributed by atoms with E-state index < -0.39 is 5.97 Å². The van der Waals surface area contributed by atoms with Crippen LogP contribution >= 0.6 is 0 Å². The summed E-state index contributed by atoms with van der Waals surface area (Å²) in [5.74, 6) is -0.469. The predicted octanol–water partition coefficient (Wildman–Crippen LogP) is 2.38. The van der Waals surface area contributed by atoms with Crippen LogP contribution in [0.2, 0.25) is 0 Å². The Labute approximate surface area is 153 Å². The molecule has 1 N–H and O–H groups in total. The van der Waals surface area contributed by atoms with Crippen LogP contribution in [0.25, 0.3) is 0 Å². The van der Waals surface area contributed by atoms with Crippen LogP contribution in [0.4, 0.5) is 0 Å². The van der Waals surface area contributed by atoms with Gasteiger partial charge in [0.1, 0.15) is 5.69 Å². The van der Waals surface area contributed by atoms with Crippen LogP contribution in [0.3, 0.4) is 0 Å². The molecule has 1 amide bonds. The molecule has 0 radical (unpaired) electrons. The van der Waals surface area contributed by atoms with Crippen LogP contribution in [-0.4, -0.2) is 59.9 Å². The van der Waals surface area contributed by atoms with Gasteiger partial charge in [-0.3, -0.25) is 9.69 Å². The number of esters is 1. The number of nitrogens with one attached hydrogen (secondary N) is 1. The van der Waals surface area contributed by atoms with Crippen LogP contribution in [0.1, 0.15) is 37.7 Å². The number of amides is 1. The Kier molecular flexibility index (Phi) is 5.42. The summed E-state index contributed by atoms with van der Waals surface area (Å²) in [6, 6.07) is 10.4. The normalized spacial score (nSPS) is 15.1. The van der Waals surface area contributed by atoms with E-state index in [4.69, 9.17) is 4.74 Å². The zero-order valence-electron chi connectivity index (χ0n) is 15.5. The summed E-state index contributed by atoms with van der Waals surface area (Å²) in [4.78, 5) is 32.1. The molecule has 138 valence electrons. The van der Waals surface area contributed by atoms with E-state index in [1.54, 1.807) is 13.8 Å². The van der Waals surface area contributed by atoms with Gasteiger partial charge in [0.2, 0.25) is 0 Å². The summed E-state index contributed by atoms with van der Waals surface area (Å²) >= 11 is 0. The van der Waals surface area contributed by atoms with Gasteiger partial charge in [0.15, 0.2) is 0 Å². The van der Waals surface area contributed by atoms with Crippen LogP contribution < -0.4 is 0 Å². The molecule has 2 aromatic rings. The highest BCUT2D eigenvalue weighted by Crippen LogP contribution is 2.21. The van der Waals surface area contributed by atoms with Crippen molar-refractivity contribution < 1.29 is 14.3 Å². The van der Waals surface area contributed by atoms with Gasteiger partial charge < -0.3 is 14.6 Å². The number of aryl methyl sites for hydroxylation is 1. The first-order valence-electron chi connectivity index (χ1n) is 8.84. The average Bonchev–Trinajstić information content (AvgIpc) is 2.96. The van der Waals surface area contributed by atoms with E-state index >= 15 is 0 Å². The number of H-pyrrole nitrogens is 1. The minimum atomic E-state index is -0.414. The maximum absolute atomic E-state index is 12.9. The number of benzene rings is 1. The molecule has 0 aliphatic carbocycles. The molecule has 26 heavy (non-hydrogen) atoms. The minimum Gasteiger partial charge on any atom is -0.465 e. The Morgan fingerprint density at radius 2 is 1.73 bits per heavy atom. The summed E-state index contributed by atoms with van der Waals surface area (Å²) in [5.41, 5.74) is 3.55. The van der Waals surface area contributed by atoms with E-state index in [0.29, 0.717) is 35.6 Å². The highest BCUT2D eigenvalue weighted by molar-refractivity contribution is 6.00. The second-order valence-corrected chi connectivity index (χ2v) is 6.67. The van der Waals surface area contributed by atoms with Gasteiger partial charge in [0.25, 0.3) is 5.91 Å². The largest absolute Gasteiger partial charge is 0.465 e. The van der Waals surface area contributed by atoms with Gasteiger partial charge in [0, 0.05) is 38.4 Å². The van der Waals surface area contributed by atoms with Crippen LogP contribution in [-0.2, 0) is 11.3 Å². The number of aromatic amines is 1. The fourth-order valence-electron chi connectivity index (χ4n) is 3.48. The second kappa shape index (κ2) is 7.74. The average molecular weight is 355 g/mol. The summed E-state index contributed by atoms with van der Waals surface area (Å²) < 4.78 is 4.82. The molecular weight excluding hydrogens is 330 g/mol. The lowest BCUT2D eigenvalue weighted by Crippen LogP contribution is -2.48. The Bertz CT molecular complexity index is 790. The second-order valence-electron chi connectivity index (χ2n) is 6.67. The topological polar surface area (TPSA) is 65.6 Å². The molecule has 0 saturated carbocycles. The molecule has 1 aliphatic heterocycles. The first-order valence-corrected chi connectivity index (χ1v) is 8.84. The third-order valence-corrected chi connectivity index (χ3v) is 4.95. The van der Waals surface area contributed by atoms with Gasteiger partial charge >= 0.3 is 5.97 Å². The van der Waals surface area contributed by atoms with E-state index in [0.717, 1.165) is 19.6 Å². The molecule has 0 spiro atoms. The highest BCUT2D eigenvalue weighted by atomic mass is 16.5. The Balaban J connectivity index is 1.65. The fourth-order valence-corrected chi connectivity index (χ4v) is 3.48. The van der Waals surface area contributed by atoms with Crippen molar-refractivity contribution in [2.45, 2.75) is 20.4 Å². The van der Waals surface area contributed by atoms with Crippen molar-refractivity contribution in [3.8, 4) is 0 Å². The van der Waals surface area contributed by atoms with Gasteiger partial charge in [-0.2, -0.15) is 0 Å². The molecule has 0 bridgehead atoms. The molecule has 6 nitrogen and oxygen atoms in total. The van der Waals surface area contributed by atoms with E-state index in [1.165, 1.54) is 12.7 Å². The summed E-state index contributed by atoms with van der Waals surface area (Å²) in [6.45, 7) is 7.50. The Morgan fingerprint density at radius 1 is 1.08 bits per heavy atom. The number of carbonyl (C=O) groups is 2. The number of ether oxygens (including phenoxy) is 1. The van der Waals surface area contributed by atoms with E-state index in [9.17, 15) is 9.59 Å². The lowest BCUT2D eigenvalue weighted by Gasteiger charge is -2.34. The number of nitrogens with zero attached hydrogens (tertiary/aromatic N) is 2. The number of hydrogen-bond acceptors (Lipinski definition) is 4. The molecule has 0 unspecified atom stereocenters. The van der Waals surface area contributed by atoms with Gasteiger partial charge in [-0.05, 0) is 25.0 Å². The van der Waals surface area contributed by atoms with Crippen molar-refractivity contribution in [2.24, 2.45) is 0 Å². The third kappa shape index (κ3) is 3.65. The SMILES string of the molecule is COC(=O)c1c(C)[nH]c(C(=O)N2CCN(Cc3ccccc3)CC2)c1C. The van der Waals surface area contributed by atoms with E-state index in [2.05, 4.69) is 22.0 Å². The number of hydrogen-bond donors (Lipinski definition) is 1. The molecule has 2 heterocycles. The lowest BCUT2D eigenvalue weighted by atomic mass is 10.1. The molecule has 1 fully saturated rings. The number of methoxy groups -OCH3 is 1. The van der Waals surface area contributed by atoms with Gasteiger partial charge in [-0.15, -0.1) is 0 Å². The van der Waals surface area contributed by atoms with Gasteiger partial charge in [-0.25, -0.2) is 4.79 Å². The van der Waals surface area contributed by atoms with Crippen LogP contribution in [0.15, 0.2) is 30.3 Å². The quantitative estimate of drug-likeness (QED) is 0.855. The smallest absolute Gasteiger partial charge is 0.339 e. The van der Waals surface area contributed by atoms with Crippen LogP contribution in [0, 0.1) is 13.8 Å². The summed E-state index contributed by atoms with van der Waals surface area (Å²) in [6.07, 6.45) is 0. The Morgan fingerprint density at radius 3 is 2.35 bits per heavy atom. The lowest BCUT2D eigenvalue weighted by molar-refractivity contribution is 0.0599. The minimum absolute atomic E-state index is 0.0554. The van der Waals surface area contributed by atoms with Gasteiger partial charge in [0.05, 0.1) is 12.7 Å². The third-order valence-electron chi connectivity index (χ3n) is 4.95. The number of aromatic nitrogens is 1. The molecular formula is C20H25N3O3. The van der Waals surface area contributed by atoms with Gasteiger partial charge in [-0.1, -0.05) is 30.3 Å². The molecule has 1 aliphatic rings. The zero-order chi connectivity index (χ0) is 18.7. The fraction of sp³-hybridized carbons (Fsp3) is 0.400. The first kappa shape index (κ1) is 18.2. The Hall–Kier alpha value is -2.60. The molecule has 3 rings (SSSR count). The molecule has 6 heteroatoms. The highest BCUT2D eigenvalue weighted by Gasteiger charge is 2.27. The van der Waals surface area contributed by atoms with E-state index in [-0.39, 0.29) is 5.91 Å². The summed E-state index contributed by atoms with van der Waals surface area (Å²) in [5, 5.41) is 0. The molecule has 1 saturated heterocycles. The number of rotatable bonds is 4. The van der Waals surface area contributed by atoms with Crippen molar-refractivity contribution in [3.63, 3.8) is 0 Å².